The molecule has 0 aromatic carbocycles. The third kappa shape index (κ3) is 110000. The monoisotopic (exact) mass is 203 g/mol. The molecule has 0 rings (SSSR count). The minimum Gasteiger partial charge on any atom is -0.542 e. The van der Waals surface area contributed by atoms with Gasteiger partial charge in [-0.05, 0) is 13.8 Å². The van der Waals surface area contributed by atoms with E-state index in [2.05, 4.69) is 0 Å². The van der Waals surface area contributed by atoms with Gasteiger partial charge in [0.05, 0.1) is 0 Å². The van der Waals surface area contributed by atoms with Gasteiger partial charge in [0.15, 0.2) is 0 Å². The standard InChI is InChI=1S/C3H6O.C2H3O.Ru/c1-3(2)4;1-2-3;/h1-2H3;1H3;/q;-1;+1. The van der Waals surface area contributed by atoms with E-state index in [0.29, 0.717) is 0 Å². The third-order valence-electron chi connectivity index (χ3n) is 0. The Morgan fingerprint density at radius 3 is 1.38 bits per heavy atom. The second-order valence-corrected chi connectivity index (χ2v) is 1.11. The summed E-state index contributed by atoms with van der Waals surface area (Å²) in [5, 5.41) is 0. The molecular weight excluding hydrogens is 193 g/mol. The Kier molecular flexibility index (Phi) is 30.9. The Balaban J connectivity index is -0.0000000575. The normalized spacial score (nSPS) is 4.88. The first-order valence-electron chi connectivity index (χ1n) is 1.91. The Morgan fingerprint density at radius 1 is 1.38 bits per heavy atom. The largest absolute Gasteiger partial charge is 1.00 e. The molecule has 1 radical (unpaired) electrons. The molecule has 8 heavy (non-hydrogen) atoms. The Bertz CT molecular complexity index is 57.4. The van der Waals surface area contributed by atoms with Crippen LogP contribution in [-0.2, 0) is 29.1 Å². The van der Waals surface area contributed by atoms with Crippen molar-refractivity contribution in [3.63, 3.8) is 0 Å². The molecule has 0 atom stereocenters. The molecule has 0 aliphatic rings. The van der Waals surface area contributed by atoms with Gasteiger partial charge in [-0.3, -0.25) is 6.29 Å². The van der Waals surface area contributed by atoms with Crippen LogP contribution in [-0.4, -0.2) is 12.1 Å². The number of hydrogen-bond acceptors (Lipinski definition) is 2. The summed E-state index contributed by atoms with van der Waals surface area (Å²) < 4.78 is 0. The van der Waals surface area contributed by atoms with Gasteiger partial charge in [0.1, 0.15) is 5.78 Å². The number of carbonyl (C=O) groups excluding carboxylic acids is 2. The van der Waals surface area contributed by atoms with Crippen LogP contribution in [0.2, 0.25) is 0 Å². The summed E-state index contributed by atoms with van der Waals surface area (Å²) in [6.07, 6.45) is 1.50. The van der Waals surface area contributed by atoms with Crippen molar-refractivity contribution in [2.24, 2.45) is 0 Å². The molecule has 0 aliphatic carbocycles. The molecule has 0 fully saturated rings. The van der Waals surface area contributed by atoms with Crippen LogP contribution in [0.1, 0.15) is 20.8 Å². The molecule has 0 saturated carbocycles. The van der Waals surface area contributed by atoms with Crippen molar-refractivity contribution in [3.8, 4) is 0 Å². The van der Waals surface area contributed by atoms with Gasteiger partial charge < -0.3 is 9.59 Å². The Labute approximate surface area is 62.4 Å². The first kappa shape index (κ1) is 15.7. The van der Waals surface area contributed by atoms with E-state index in [9.17, 15) is 4.79 Å². The van der Waals surface area contributed by atoms with Gasteiger partial charge in [-0.15, -0.1) is 0 Å². The van der Waals surface area contributed by atoms with E-state index in [1.807, 2.05) is 0 Å². The first-order valence-corrected chi connectivity index (χ1v) is 1.91. The zero-order chi connectivity index (χ0) is 6.28. The van der Waals surface area contributed by atoms with E-state index < -0.39 is 0 Å². The summed E-state index contributed by atoms with van der Waals surface area (Å²) in [6, 6.07) is 0. The summed E-state index contributed by atoms with van der Waals surface area (Å²) in [4.78, 5) is 18.1. The summed E-state index contributed by atoms with van der Waals surface area (Å²) in [7, 11) is 0. The molecule has 0 unspecified atom stereocenters. The van der Waals surface area contributed by atoms with Gasteiger partial charge in [-0.25, -0.2) is 0 Å². The molecular formula is C5H9O2Ru. The topological polar surface area (TPSA) is 34.1 Å². The van der Waals surface area contributed by atoms with Crippen LogP contribution in [0.15, 0.2) is 0 Å². The minimum atomic E-state index is 0. The molecule has 0 aliphatic heterocycles. The number of carbonyl (C=O) groups is 1. The van der Waals surface area contributed by atoms with E-state index in [1.54, 1.807) is 0 Å². The molecule has 0 saturated heterocycles. The van der Waals surface area contributed by atoms with Crippen LogP contribution >= 0.6 is 0 Å². The average Bonchev–Trinajstić information content (AvgIpc) is 1.33. The van der Waals surface area contributed by atoms with Gasteiger partial charge in [0.2, 0.25) is 0 Å². The molecule has 2 nitrogen and oxygen atoms in total. The first-order chi connectivity index (χ1) is 3.15. The third-order valence-corrected chi connectivity index (χ3v) is 0. The van der Waals surface area contributed by atoms with Gasteiger partial charge >= 0.3 is 19.5 Å². The van der Waals surface area contributed by atoms with Crippen LogP contribution in [0.5, 0.6) is 0 Å². The predicted molar refractivity (Wildman–Crippen MR) is 27.7 cm³/mol. The smallest absolute Gasteiger partial charge is 0.542 e. The van der Waals surface area contributed by atoms with Crippen molar-refractivity contribution >= 4 is 12.1 Å². The maximum Gasteiger partial charge on any atom is 1.00 e. The zero-order valence-electron chi connectivity index (χ0n) is 5.17. The number of ketones is 1. The molecule has 0 N–H and O–H groups in total. The summed E-state index contributed by atoms with van der Waals surface area (Å²) in [5.41, 5.74) is 0. The molecule has 0 aromatic heterocycles. The molecule has 0 amide bonds. The minimum absolute atomic E-state index is 0. The van der Waals surface area contributed by atoms with Crippen molar-refractivity contribution < 1.29 is 29.1 Å². The van der Waals surface area contributed by atoms with Crippen molar-refractivity contribution in [2.75, 3.05) is 0 Å². The van der Waals surface area contributed by atoms with Crippen LogP contribution < -0.4 is 0 Å². The number of hydrogen-bond donors (Lipinski definition) is 0. The molecule has 0 heterocycles. The quantitative estimate of drug-likeness (QED) is 0.428. The van der Waals surface area contributed by atoms with E-state index >= 15 is 0 Å². The van der Waals surface area contributed by atoms with Crippen LogP contribution in [0.3, 0.4) is 0 Å². The Hall–Kier alpha value is -0.0366. The Morgan fingerprint density at radius 2 is 1.38 bits per heavy atom. The second-order valence-electron chi connectivity index (χ2n) is 1.11. The van der Waals surface area contributed by atoms with Gasteiger partial charge in [0.25, 0.3) is 0 Å². The number of rotatable bonds is 0. The molecule has 0 bridgehead atoms. The molecule has 49 valence electrons. The van der Waals surface area contributed by atoms with E-state index in [0.717, 1.165) is 0 Å². The summed E-state index contributed by atoms with van der Waals surface area (Å²) >= 11 is 0. The fraction of sp³-hybridized carbons (Fsp3) is 0.600. The van der Waals surface area contributed by atoms with Gasteiger partial charge in [-0.1, -0.05) is 0 Å². The van der Waals surface area contributed by atoms with Crippen LogP contribution in [0, 0.1) is 0 Å². The maximum atomic E-state index is 9.44. The fourth-order valence-electron chi connectivity index (χ4n) is 0. The van der Waals surface area contributed by atoms with Crippen LogP contribution in [0.25, 0.3) is 0 Å². The van der Waals surface area contributed by atoms with Gasteiger partial charge in [0, 0.05) is 0 Å². The van der Waals surface area contributed by atoms with Crippen molar-refractivity contribution in [3.05, 3.63) is 0 Å². The maximum absolute atomic E-state index is 9.44. The summed E-state index contributed by atoms with van der Waals surface area (Å²) in [6.45, 7) is 4.38. The second kappa shape index (κ2) is 15.8. The zero-order valence-corrected chi connectivity index (χ0v) is 6.91. The fourth-order valence-corrected chi connectivity index (χ4v) is 0. The SMILES string of the molecule is CC(C)=O.C[C-]=O.[Ru+]. The van der Waals surface area contributed by atoms with Crippen LogP contribution in [0.4, 0.5) is 0 Å². The average molecular weight is 202 g/mol. The van der Waals surface area contributed by atoms with Gasteiger partial charge in [-0.2, -0.15) is 6.92 Å². The number of Topliss-reactive ketones (excluding diaryl/α,β-unsaturated/α-hetero) is 1. The van der Waals surface area contributed by atoms with E-state index in [-0.39, 0.29) is 25.3 Å². The summed E-state index contributed by atoms with van der Waals surface area (Å²) in [5.74, 6) is 0.167. The van der Waals surface area contributed by atoms with Crippen molar-refractivity contribution in [2.45, 2.75) is 20.8 Å². The van der Waals surface area contributed by atoms with Crippen molar-refractivity contribution in [1.29, 1.82) is 0 Å². The molecule has 0 aromatic rings. The van der Waals surface area contributed by atoms with Crippen molar-refractivity contribution in [1.82, 2.24) is 0 Å². The molecule has 3 heteroatoms. The van der Waals surface area contributed by atoms with E-state index in [4.69, 9.17) is 4.79 Å². The predicted octanol–water partition coefficient (Wildman–Crippen LogP) is 0.709. The van der Waals surface area contributed by atoms with E-state index in [1.165, 1.54) is 27.1 Å². The molecule has 0 spiro atoms.